The lowest BCUT2D eigenvalue weighted by Gasteiger charge is -2.12. The fourth-order valence-corrected chi connectivity index (χ4v) is 15.2. The number of aromatic nitrogens is 15. The second-order valence-electron chi connectivity index (χ2n) is 33.2. The van der Waals surface area contributed by atoms with Crippen molar-refractivity contribution in [2.75, 3.05) is 0 Å². The molecule has 0 aliphatic rings. The largest absolute Gasteiger partial charge is 0.213 e. The highest BCUT2D eigenvalue weighted by Crippen LogP contribution is 2.37. The first-order valence-electron chi connectivity index (χ1n) is 44.0. The van der Waals surface area contributed by atoms with E-state index in [1.54, 1.807) is 0 Å². The fourth-order valence-electron chi connectivity index (χ4n) is 15.2. The van der Waals surface area contributed by atoms with Crippen LogP contribution in [0, 0.1) is 0 Å². The predicted molar refractivity (Wildman–Crippen MR) is 529 cm³/mol. The highest BCUT2D eigenvalue weighted by Gasteiger charge is 2.22. The SMILES string of the molecule is CC(C)c1nc(-c2ccc3ccccc3c2)nc(-c2cccc3ccccc23)n1.CC(C)c1nc(-c2cccc3ccccc23)nc(-c2cccc3ccccc23)n1.CC(C)c1nc(-c2ccccc2)nc(-c2ccc3ccccc3c2)n1.CC(C)c1nc(-c2ccccc2)nc(-c2cccc3ccccc23)n1.CC(C)c1nc(-c2ccccc2)nc(-c2ccccc2)n1. The molecule has 0 unspecified atom stereocenters. The summed E-state index contributed by atoms with van der Waals surface area (Å²) in [6.45, 7) is 21.1. The van der Waals surface area contributed by atoms with E-state index in [-0.39, 0.29) is 29.6 Å². The molecule has 0 fully saturated rings. The van der Waals surface area contributed by atoms with Crippen LogP contribution in [0.15, 0.2) is 376 Å². The van der Waals surface area contributed by atoms with Gasteiger partial charge in [-0.1, -0.05) is 433 Å². The van der Waals surface area contributed by atoms with Gasteiger partial charge in [-0.2, -0.15) is 0 Å². The van der Waals surface area contributed by atoms with Crippen LogP contribution in [0.4, 0.5) is 0 Å². The molecule has 0 saturated heterocycles. The Bertz CT molecular complexity index is 7310. The molecule has 0 N–H and O–H groups in total. The smallest absolute Gasteiger partial charge is 0.164 e. The Morgan fingerprint density at radius 3 is 0.550 bits per heavy atom. The van der Waals surface area contributed by atoms with E-state index in [9.17, 15) is 0 Å². The van der Waals surface area contributed by atoms with Crippen LogP contribution in [-0.2, 0) is 0 Å². The Balaban J connectivity index is 0.000000114. The van der Waals surface area contributed by atoms with E-state index >= 15 is 0 Å². The molecule has 5 heterocycles. The van der Waals surface area contributed by atoms with Crippen LogP contribution in [0.25, 0.3) is 179 Å². The minimum absolute atomic E-state index is 0.209. The molecule has 0 saturated carbocycles. The lowest BCUT2D eigenvalue weighted by atomic mass is 10.0. The Morgan fingerprint density at radius 1 is 0.132 bits per heavy atom. The summed E-state index contributed by atoms with van der Waals surface area (Å²) in [6.07, 6.45) is 0. The van der Waals surface area contributed by atoms with E-state index in [4.69, 9.17) is 49.8 Å². The maximum absolute atomic E-state index is 4.93. The van der Waals surface area contributed by atoms with Gasteiger partial charge in [-0.05, 0) is 76.8 Å². The molecular formula is C114H97N15. The number of fused-ring (bicyclic) bond motifs is 6. The molecular weight excluding hydrogens is 1580 g/mol. The van der Waals surface area contributed by atoms with Gasteiger partial charge in [-0.25, -0.2) is 74.8 Å². The molecule has 21 rings (SSSR count). The third-order valence-electron chi connectivity index (χ3n) is 22.1. The van der Waals surface area contributed by atoms with E-state index in [1.807, 2.05) is 121 Å². The van der Waals surface area contributed by atoms with E-state index in [2.05, 4.69) is 349 Å². The number of nitrogens with zero attached hydrogens (tertiary/aromatic N) is 15. The minimum Gasteiger partial charge on any atom is -0.213 e. The van der Waals surface area contributed by atoms with Gasteiger partial charge in [0.2, 0.25) is 0 Å². The first-order valence-corrected chi connectivity index (χ1v) is 44.0. The standard InChI is InChI=1S/2C26H21N3.2C22H19N3.C18H17N3/c1-17(2)24-27-25(22-15-7-11-18-9-3-5-13-20(18)22)29-26(28-24)23-16-8-12-19-10-4-6-14-21(19)23;1-17(2)24-27-25(21-15-14-18-8-3-4-10-20(18)16-21)29-26(28-24)23-13-7-11-19-9-5-6-12-22(19)23;1-15(2)20-23-21(17-10-4-3-5-11-17)25-22(24-20)19-14-8-12-16-9-6-7-13-18(16)19;1-15(2)20-23-21(17-9-4-3-5-10-17)25-22(24-20)19-13-12-16-8-6-7-11-18(16)14-19;1-13(2)16-19-17(14-9-5-3-6-10-14)21-18(20-16)15-11-7-4-8-12-15/h2*3-17H,1-2H3;2*3-15H,1-2H3;3-13H,1-2H3. The van der Waals surface area contributed by atoms with Crippen molar-refractivity contribution in [3.05, 3.63) is 405 Å². The maximum Gasteiger partial charge on any atom is 0.164 e. The lowest BCUT2D eigenvalue weighted by Crippen LogP contribution is -2.05. The van der Waals surface area contributed by atoms with Crippen molar-refractivity contribution in [2.45, 2.75) is 98.8 Å². The molecule has 628 valence electrons. The third kappa shape index (κ3) is 20.1. The Morgan fingerprint density at radius 2 is 0.310 bits per heavy atom. The van der Waals surface area contributed by atoms with Gasteiger partial charge in [0.25, 0.3) is 0 Å². The number of benzene rings is 16. The lowest BCUT2D eigenvalue weighted by molar-refractivity contribution is 0.766. The molecule has 0 bridgehead atoms. The summed E-state index contributed by atoms with van der Waals surface area (Å²) < 4.78 is 0. The monoisotopic (exact) mass is 1680 g/mol. The normalized spacial score (nSPS) is 11.2. The highest BCUT2D eigenvalue weighted by molar-refractivity contribution is 5.99. The van der Waals surface area contributed by atoms with Crippen molar-refractivity contribution in [1.82, 2.24) is 74.8 Å². The molecule has 16 aromatic carbocycles. The molecule has 0 atom stereocenters. The van der Waals surface area contributed by atoms with Crippen molar-refractivity contribution < 1.29 is 0 Å². The van der Waals surface area contributed by atoms with Gasteiger partial charge in [-0.15, -0.1) is 0 Å². The molecule has 0 radical (unpaired) electrons. The van der Waals surface area contributed by atoms with Crippen molar-refractivity contribution in [3.63, 3.8) is 0 Å². The molecule has 15 heteroatoms. The quantitative estimate of drug-likeness (QED) is 0.0940. The minimum atomic E-state index is 0.209. The first-order chi connectivity index (χ1) is 63.1. The van der Waals surface area contributed by atoms with E-state index in [0.29, 0.717) is 0 Å². The predicted octanol–water partition coefficient (Wildman–Crippen LogP) is 28.6. The van der Waals surface area contributed by atoms with Crippen molar-refractivity contribution in [1.29, 1.82) is 0 Å². The van der Waals surface area contributed by atoms with Gasteiger partial charge < -0.3 is 0 Å². The number of hydrogen-bond donors (Lipinski definition) is 0. The van der Waals surface area contributed by atoms with Crippen molar-refractivity contribution in [3.8, 4) is 114 Å². The number of hydrogen-bond acceptors (Lipinski definition) is 15. The zero-order valence-electron chi connectivity index (χ0n) is 73.9. The summed E-state index contributed by atoms with van der Waals surface area (Å²) in [4.78, 5) is 71.3. The Kier molecular flexibility index (Phi) is 26.2. The van der Waals surface area contributed by atoms with Crippen molar-refractivity contribution in [2.24, 2.45) is 0 Å². The van der Waals surface area contributed by atoms with Crippen LogP contribution in [-0.4, -0.2) is 74.8 Å². The second-order valence-corrected chi connectivity index (χ2v) is 33.2. The molecule has 0 amide bonds. The summed E-state index contributed by atoms with van der Waals surface area (Å²) in [5, 5.41) is 14.2. The van der Waals surface area contributed by atoms with Crippen LogP contribution < -0.4 is 0 Å². The summed E-state index contributed by atoms with van der Waals surface area (Å²) >= 11 is 0. The average Bonchev–Trinajstić information content (AvgIpc) is 0.778. The van der Waals surface area contributed by atoms with Crippen LogP contribution in [0.3, 0.4) is 0 Å². The van der Waals surface area contributed by atoms with Crippen LogP contribution in [0.2, 0.25) is 0 Å². The fraction of sp³-hybridized carbons (Fsp3) is 0.132. The zero-order valence-corrected chi connectivity index (χ0v) is 73.9. The van der Waals surface area contributed by atoms with E-state index < -0.39 is 0 Å². The van der Waals surface area contributed by atoms with Gasteiger partial charge in [0, 0.05) is 85.2 Å². The molecule has 0 spiro atoms. The first kappa shape index (κ1) is 85.3. The van der Waals surface area contributed by atoms with Gasteiger partial charge in [0.15, 0.2) is 58.2 Å². The maximum atomic E-state index is 4.93. The summed E-state index contributed by atoms with van der Waals surface area (Å²) in [6, 6.07) is 128. The van der Waals surface area contributed by atoms with Crippen LogP contribution >= 0.6 is 0 Å². The van der Waals surface area contributed by atoms with Crippen molar-refractivity contribution >= 4 is 64.6 Å². The topological polar surface area (TPSA) is 193 Å². The highest BCUT2D eigenvalue weighted by atomic mass is 15.1. The summed E-state index contributed by atoms with van der Waals surface area (Å²) in [5.41, 5.74) is 10.2. The summed E-state index contributed by atoms with van der Waals surface area (Å²) in [7, 11) is 0. The summed E-state index contributed by atoms with van der Waals surface area (Å²) in [5.74, 6) is 12.5. The van der Waals surface area contributed by atoms with Gasteiger partial charge >= 0.3 is 0 Å². The van der Waals surface area contributed by atoms with Crippen LogP contribution in [0.1, 0.15) is 128 Å². The number of rotatable bonds is 15. The Hall–Kier alpha value is -15.9. The van der Waals surface area contributed by atoms with Crippen LogP contribution in [0.5, 0.6) is 0 Å². The molecule has 5 aromatic heterocycles. The van der Waals surface area contributed by atoms with Gasteiger partial charge in [0.05, 0.1) is 0 Å². The van der Waals surface area contributed by atoms with E-state index in [0.717, 1.165) is 165 Å². The van der Waals surface area contributed by atoms with Gasteiger partial charge in [-0.3, -0.25) is 0 Å². The molecule has 0 aliphatic carbocycles. The van der Waals surface area contributed by atoms with Gasteiger partial charge in [0.1, 0.15) is 29.1 Å². The zero-order chi connectivity index (χ0) is 88.7. The second kappa shape index (κ2) is 39.5. The van der Waals surface area contributed by atoms with E-state index in [1.165, 1.54) is 43.1 Å². The third-order valence-corrected chi connectivity index (χ3v) is 22.1. The Labute approximate surface area is 752 Å². The molecule has 129 heavy (non-hydrogen) atoms. The molecule has 0 aliphatic heterocycles. The molecule has 15 nitrogen and oxygen atoms in total. The molecule has 21 aromatic rings. The average molecular weight is 1680 g/mol.